The van der Waals surface area contributed by atoms with E-state index >= 15 is 0 Å². The Labute approximate surface area is 111 Å². The Balaban J connectivity index is 1.90. The van der Waals surface area contributed by atoms with Crippen molar-refractivity contribution in [2.24, 2.45) is 0 Å². The summed E-state index contributed by atoms with van der Waals surface area (Å²) in [5, 5.41) is 2.88. The van der Waals surface area contributed by atoms with Crippen LogP contribution in [0.2, 0.25) is 0 Å². The number of hydrogen-bond acceptors (Lipinski definition) is 3. The van der Waals surface area contributed by atoms with Crippen LogP contribution in [0.5, 0.6) is 0 Å². The third-order valence-electron chi connectivity index (χ3n) is 3.01. The average Bonchev–Trinajstić information content (AvgIpc) is 2.97. The van der Waals surface area contributed by atoms with Gasteiger partial charge in [-0.15, -0.1) is 0 Å². The first-order chi connectivity index (χ1) is 9.36. The number of benzene rings is 2. The maximum absolute atomic E-state index is 5.26. The Morgan fingerprint density at radius 2 is 1.47 bits per heavy atom. The van der Waals surface area contributed by atoms with E-state index in [1.54, 1.807) is 13.3 Å². The third-order valence-corrected chi connectivity index (χ3v) is 3.01. The lowest BCUT2D eigenvalue weighted by atomic mass is 10.0. The molecule has 1 N–H and O–H groups in total. The summed E-state index contributed by atoms with van der Waals surface area (Å²) in [4.78, 5) is 4.32. The van der Waals surface area contributed by atoms with Crippen molar-refractivity contribution in [3.8, 4) is 22.4 Å². The molecule has 94 valence electrons. The Bertz CT molecular complexity index is 657. The second-order valence-electron chi connectivity index (χ2n) is 4.23. The molecule has 0 bridgehead atoms. The highest BCUT2D eigenvalue weighted by molar-refractivity contribution is 5.68. The molecule has 0 unspecified atom stereocenters. The topological polar surface area (TPSA) is 38.1 Å². The summed E-state index contributed by atoms with van der Waals surface area (Å²) >= 11 is 0. The summed E-state index contributed by atoms with van der Waals surface area (Å²) in [6, 6.07) is 19.1. The van der Waals surface area contributed by atoms with Crippen LogP contribution in [0.4, 0.5) is 6.01 Å². The molecular formula is C16H14N2O. The molecule has 2 aromatic carbocycles. The van der Waals surface area contributed by atoms with E-state index in [9.17, 15) is 0 Å². The lowest BCUT2D eigenvalue weighted by Crippen LogP contribution is -1.87. The van der Waals surface area contributed by atoms with Gasteiger partial charge in [-0.1, -0.05) is 54.6 Å². The monoisotopic (exact) mass is 250 g/mol. The van der Waals surface area contributed by atoms with Gasteiger partial charge >= 0.3 is 0 Å². The summed E-state index contributed by atoms with van der Waals surface area (Å²) in [6.45, 7) is 0. The normalized spacial score (nSPS) is 10.4. The van der Waals surface area contributed by atoms with Gasteiger partial charge in [-0.05, 0) is 11.1 Å². The molecule has 0 atom stereocenters. The Morgan fingerprint density at radius 1 is 0.842 bits per heavy atom. The molecule has 0 amide bonds. The number of anilines is 1. The number of nitrogens with one attached hydrogen (secondary N) is 1. The molecule has 0 saturated carbocycles. The Morgan fingerprint density at radius 3 is 2.11 bits per heavy atom. The molecule has 3 aromatic rings. The van der Waals surface area contributed by atoms with Gasteiger partial charge in [0.1, 0.15) is 12.0 Å². The molecule has 0 saturated heterocycles. The first-order valence-corrected chi connectivity index (χ1v) is 6.16. The number of rotatable bonds is 3. The second kappa shape index (κ2) is 4.98. The molecule has 1 aromatic heterocycles. The predicted molar refractivity (Wildman–Crippen MR) is 76.9 cm³/mol. The van der Waals surface area contributed by atoms with E-state index in [1.807, 2.05) is 18.2 Å². The van der Waals surface area contributed by atoms with E-state index in [4.69, 9.17) is 4.42 Å². The highest BCUT2D eigenvalue weighted by Gasteiger charge is 2.05. The van der Waals surface area contributed by atoms with E-state index in [-0.39, 0.29) is 0 Å². The van der Waals surface area contributed by atoms with Crippen LogP contribution in [0.3, 0.4) is 0 Å². The van der Waals surface area contributed by atoms with Crippen LogP contribution in [0, 0.1) is 0 Å². The fourth-order valence-corrected chi connectivity index (χ4v) is 1.99. The van der Waals surface area contributed by atoms with Crippen LogP contribution in [0.15, 0.2) is 65.3 Å². The van der Waals surface area contributed by atoms with Crippen molar-refractivity contribution in [2.75, 3.05) is 12.4 Å². The van der Waals surface area contributed by atoms with Gasteiger partial charge in [-0.25, -0.2) is 0 Å². The number of oxazole rings is 1. The predicted octanol–water partition coefficient (Wildman–Crippen LogP) is 4.05. The average molecular weight is 250 g/mol. The maximum atomic E-state index is 5.26. The zero-order valence-electron chi connectivity index (χ0n) is 10.6. The molecule has 19 heavy (non-hydrogen) atoms. The van der Waals surface area contributed by atoms with Crippen molar-refractivity contribution in [2.45, 2.75) is 0 Å². The lowest BCUT2D eigenvalue weighted by Gasteiger charge is -2.02. The smallest absolute Gasteiger partial charge is 0.294 e. The standard InChI is InChI=1S/C16H14N2O/c1-17-16-18-15(11-19-16)14-9-7-13(8-10-14)12-5-3-2-4-6-12/h2-11H,1H3,(H,17,18). The van der Waals surface area contributed by atoms with Crippen molar-refractivity contribution in [1.82, 2.24) is 4.98 Å². The van der Waals surface area contributed by atoms with Crippen LogP contribution >= 0.6 is 0 Å². The van der Waals surface area contributed by atoms with Crippen LogP contribution < -0.4 is 5.32 Å². The minimum atomic E-state index is 0.530. The zero-order valence-corrected chi connectivity index (χ0v) is 10.6. The van der Waals surface area contributed by atoms with Gasteiger partial charge in [0.15, 0.2) is 0 Å². The molecule has 0 radical (unpaired) electrons. The summed E-state index contributed by atoms with van der Waals surface area (Å²) in [5.41, 5.74) is 4.29. The van der Waals surface area contributed by atoms with Crippen LogP contribution in [-0.4, -0.2) is 12.0 Å². The highest BCUT2D eigenvalue weighted by atomic mass is 16.4. The summed E-state index contributed by atoms with van der Waals surface area (Å²) in [7, 11) is 1.79. The molecule has 3 nitrogen and oxygen atoms in total. The van der Waals surface area contributed by atoms with E-state index in [1.165, 1.54) is 11.1 Å². The van der Waals surface area contributed by atoms with Crippen LogP contribution in [0.1, 0.15) is 0 Å². The number of hydrogen-bond donors (Lipinski definition) is 1. The summed E-state index contributed by atoms with van der Waals surface area (Å²) in [5.74, 6) is 0. The van der Waals surface area contributed by atoms with E-state index in [2.05, 4.69) is 46.7 Å². The molecule has 3 rings (SSSR count). The van der Waals surface area contributed by atoms with Crippen LogP contribution in [0.25, 0.3) is 22.4 Å². The van der Waals surface area contributed by atoms with E-state index < -0.39 is 0 Å². The molecule has 0 aliphatic carbocycles. The minimum Gasteiger partial charge on any atom is -0.432 e. The molecular weight excluding hydrogens is 236 g/mol. The SMILES string of the molecule is CNc1nc(-c2ccc(-c3ccccc3)cc2)co1. The lowest BCUT2D eigenvalue weighted by molar-refractivity contribution is 0.576. The highest BCUT2D eigenvalue weighted by Crippen LogP contribution is 2.25. The summed E-state index contributed by atoms with van der Waals surface area (Å²) < 4.78 is 5.26. The summed E-state index contributed by atoms with van der Waals surface area (Å²) in [6.07, 6.45) is 1.66. The van der Waals surface area contributed by atoms with Crippen molar-refractivity contribution in [3.05, 3.63) is 60.9 Å². The van der Waals surface area contributed by atoms with Gasteiger partial charge in [0, 0.05) is 12.6 Å². The van der Waals surface area contributed by atoms with Crippen molar-refractivity contribution < 1.29 is 4.42 Å². The quantitative estimate of drug-likeness (QED) is 0.762. The van der Waals surface area contributed by atoms with Gasteiger partial charge in [0.05, 0.1) is 0 Å². The molecule has 1 heterocycles. The van der Waals surface area contributed by atoms with Gasteiger partial charge < -0.3 is 9.73 Å². The van der Waals surface area contributed by atoms with Gasteiger partial charge in [-0.3, -0.25) is 0 Å². The third kappa shape index (κ3) is 2.36. The Kier molecular flexibility index (Phi) is 3.02. The molecule has 0 fully saturated rings. The van der Waals surface area contributed by atoms with Gasteiger partial charge in [0.25, 0.3) is 6.01 Å². The number of aromatic nitrogens is 1. The van der Waals surface area contributed by atoms with Gasteiger partial charge in [0.2, 0.25) is 0 Å². The second-order valence-corrected chi connectivity index (χ2v) is 4.23. The minimum absolute atomic E-state index is 0.530. The van der Waals surface area contributed by atoms with Crippen molar-refractivity contribution in [1.29, 1.82) is 0 Å². The van der Waals surface area contributed by atoms with Crippen LogP contribution in [-0.2, 0) is 0 Å². The number of nitrogens with zero attached hydrogens (tertiary/aromatic N) is 1. The maximum Gasteiger partial charge on any atom is 0.294 e. The van der Waals surface area contributed by atoms with Crippen molar-refractivity contribution in [3.63, 3.8) is 0 Å². The Hall–Kier alpha value is -2.55. The van der Waals surface area contributed by atoms with E-state index in [0.717, 1.165) is 11.3 Å². The van der Waals surface area contributed by atoms with Gasteiger partial charge in [-0.2, -0.15) is 4.98 Å². The van der Waals surface area contributed by atoms with E-state index in [0.29, 0.717) is 6.01 Å². The molecule has 0 aliphatic heterocycles. The molecule has 3 heteroatoms. The van der Waals surface area contributed by atoms with Crippen molar-refractivity contribution >= 4 is 6.01 Å². The molecule has 0 spiro atoms. The fraction of sp³-hybridized carbons (Fsp3) is 0.0625. The first-order valence-electron chi connectivity index (χ1n) is 6.16. The fourth-order valence-electron chi connectivity index (χ4n) is 1.99. The zero-order chi connectivity index (χ0) is 13.1. The molecule has 0 aliphatic rings. The largest absolute Gasteiger partial charge is 0.432 e. The first kappa shape index (κ1) is 11.5.